The number of ether oxygens (including phenoxy) is 1. The van der Waals surface area contributed by atoms with Crippen LogP contribution < -0.4 is 10.1 Å². The van der Waals surface area contributed by atoms with Gasteiger partial charge in [-0.25, -0.2) is 8.42 Å². The first-order valence-electron chi connectivity index (χ1n) is 10.0. The van der Waals surface area contributed by atoms with Gasteiger partial charge in [-0.15, -0.1) is 0 Å². The molecule has 0 unspecified atom stereocenters. The second kappa shape index (κ2) is 9.37. The van der Waals surface area contributed by atoms with E-state index in [4.69, 9.17) is 16.3 Å². The molecule has 6 nitrogen and oxygen atoms in total. The number of nitrogens with one attached hydrogen (secondary N) is 1. The zero-order chi connectivity index (χ0) is 21.9. The van der Waals surface area contributed by atoms with Gasteiger partial charge in [0.1, 0.15) is 10.6 Å². The number of benzene rings is 2. The molecule has 162 valence electrons. The van der Waals surface area contributed by atoms with Crippen LogP contribution in [-0.2, 0) is 14.8 Å². The Morgan fingerprint density at radius 2 is 1.83 bits per heavy atom. The van der Waals surface area contributed by atoms with Crippen LogP contribution in [0, 0.1) is 19.8 Å². The Hall–Kier alpha value is -2.09. The summed E-state index contributed by atoms with van der Waals surface area (Å²) in [5.41, 5.74) is 3.04. The van der Waals surface area contributed by atoms with Gasteiger partial charge in [0.15, 0.2) is 0 Å². The SMILES string of the molecule is CCOc1ccc(Cl)cc1S(=O)(=O)N1CCC(C(=O)Nc2ccc(C)c(C)c2)CC1. The molecule has 2 aromatic carbocycles. The lowest BCUT2D eigenvalue weighted by molar-refractivity contribution is -0.120. The fourth-order valence-electron chi connectivity index (χ4n) is 3.52. The molecule has 1 aliphatic rings. The topological polar surface area (TPSA) is 75.7 Å². The second-order valence-corrected chi connectivity index (χ2v) is 9.83. The van der Waals surface area contributed by atoms with Gasteiger partial charge >= 0.3 is 0 Å². The van der Waals surface area contributed by atoms with E-state index in [-0.39, 0.29) is 35.6 Å². The lowest BCUT2D eigenvalue weighted by atomic mass is 9.97. The largest absolute Gasteiger partial charge is 0.492 e. The third-order valence-corrected chi connectivity index (χ3v) is 7.58. The van der Waals surface area contributed by atoms with Gasteiger partial charge in [0.05, 0.1) is 6.61 Å². The Balaban J connectivity index is 1.68. The van der Waals surface area contributed by atoms with Crippen molar-refractivity contribution in [3.05, 3.63) is 52.5 Å². The van der Waals surface area contributed by atoms with Crippen molar-refractivity contribution < 1.29 is 17.9 Å². The standard InChI is InChI=1S/C22H27ClN2O4S/c1-4-29-20-8-6-18(23)14-21(20)30(27,28)25-11-9-17(10-12-25)22(26)24-19-7-5-15(2)16(3)13-19/h5-8,13-14,17H,4,9-12H2,1-3H3,(H,24,26). The van der Waals surface area contributed by atoms with Gasteiger partial charge in [-0.2, -0.15) is 4.31 Å². The first-order chi connectivity index (χ1) is 14.2. The lowest BCUT2D eigenvalue weighted by Crippen LogP contribution is -2.41. The van der Waals surface area contributed by atoms with Crippen molar-refractivity contribution in [1.82, 2.24) is 4.31 Å². The van der Waals surface area contributed by atoms with Gasteiger partial charge < -0.3 is 10.1 Å². The smallest absolute Gasteiger partial charge is 0.246 e. The van der Waals surface area contributed by atoms with Crippen LogP contribution in [0.25, 0.3) is 0 Å². The van der Waals surface area contributed by atoms with E-state index in [1.54, 1.807) is 19.1 Å². The molecule has 0 bridgehead atoms. The molecular formula is C22H27ClN2O4S. The van der Waals surface area contributed by atoms with Crippen LogP contribution in [0.1, 0.15) is 30.9 Å². The van der Waals surface area contributed by atoms with E-state index in [0.29, 0.717) is 24.5 Å². The van der Waals surface area contributed by atoms with E-state index in [1.165, 1.54) is 15.9 Å². The third-order valence-electron chi connectivity index (χ3n) is 5.42. The number of aryl methyl sites for hydroxylation is 2. The molecular weight excluding hydrogens is 424 g/mol. The van der Waals surface area contributed by atoms with Gasteiger partial charge in [-0.3, -0.25) is 4.79 Å². The Labute approximate surface area is 183 Å². The molecule has 1 heterocycles. The van der Waals surface area contributed by atoms with Crippen molar-refractivity contribution in [1.29, 1.82) is 0 Å². The summed E-state index contributed by atoms with van der Waals surface area (Å²) in [6.07, 6.45) is 0.918. The number of anilines is 1. The normalized spacial score (nSPS) is 15.7. The predicted molar refractivity (Wildman–Crippen MR) is 119 cm³/mol. The van der Waals surface area contributed by atoms with Crippen LogP contribution in [-0.4, -0.2) is 38.3 Å². The molecule has 0 aromatic heterocycles. The Morgan fingerprint density at radius 1 is 1.13 bits per heavy atom. The first kappa shape index (κ1) is 22.6. The highest BCUT2D eigenvalue weighted by atomic mass is 35.5. The highest BCUT2D eigenvalue weighted by Crippen LogP contribution is 2.32. The second-order valence-electron chi connectivity index (χ2n) is 7.49. The molecule has 0 aliphatic carbocycles. The number of carbonyl (C=O) groups is 1. The highest BCUT2D eigenvalue weighted by molar-refractivity contribution is 7.89. The van der Waals surface area contributed by atoms with Gasteiger partial charge in [-0.05, 0) is 75.1 Å². The lowest BCUT2D eigenvalue weighted by Gasteiger charge is -2.31. The molecule has 0 spiro atoms. The van der Waals surface area contributed by atoms with Crippen LogP contribution in [0.15, 0.2) is 41.3 Å². The Morgan fingerprint density at radius 3 is 2.47 bits per heavy atom. The summed E-state index contributed by atoms with van der Waals surface area (Å²) in [6, 6.07) is 10.4. The van der Waals surface area contributed by atoms with Crippen LogP contribution >= 0.6 is 11.6 Å². The molecule has 0 saturated carbocycles. The maximum Gasteiger partial charge on any atom is 0.246 e. The molecule has 3 rings (SSSR count). The monoisotopic (exact) mass is 450 g/mol. The van der Waals surface area contributed by atoms with Gasteiger partial charge in [0, 0.05) is 29.7 Å². The molecule has 1 N–H and O–H groups in total. The summed E-state index contributed by atoms with van der Waals surface area (Å²) in [7, 11) is -3.76. The summed E-state index contributed by atoms with van der Waals surface area (Å²) in [4.78, 5) is 12.7. The first-order valence-corrected chi connectivity index (χ1v) is 11.8. The number of carbonyl (C=O) groups excluding carboxylic acids is 1. The van der Waals surface area contributed by atoms with Gasteiger partial charge in [0.25, 0.3) is 0 Å². The van der Waals surface area contributed by atoms with Gasteiger partial charge in [-0.1, -0.05) is 17.7 Å². The number of hydrogen-bond acceptors (Lipinski definition) is 4. The van der Waals surface area contributed by atoms with Crippen molar-refractivity contribution in [2.45, 2.75) is 38.5 Å². The molecule has 0 radical (unpaired) electrons. The molecule has 1 saturated heterocycles. The maximum absolute atomic E-state index is 13.2. The van der Waals surface area contributed by atoms with Crippen LogP contribution in [0.2, 0.25) is 5.02 Å². The minimum atomic E-state index is -3.76. The average molecular weight is 451 g/mol. The van der Waals surface area contributed by atoms with E-state index in [2.05, 4.69) is 5.32 Å². The molecule has 0 atom stereocenters. The summed E-state index contributed by atoms with van der Waals surface area (Å²) in [5, 5.41) is 3.29. The minimum Gasteiger partial charge on any atom is -0.492 e. The van der Waals surface area contributed by atoms with E-state index < -0.39 is 10.0 Å². The van der Waals surface area contributed by atoms with Crippen LogP contribution in [0.3, 0.4) is 0 Å². The molecule has 2 aromatic rings. The molecule has 30 heavy (non-hydrogen) atoms. The van der Waals surface area contributed by atoms with Crippen LogP contribution in [0.4, 0.5) is 5.69 Å². The molecule has 1 aliphatic heterocycles. The summed E-state index contributed by atoms with van der Waals surface area (Å²) >= 11 is 6.03. The third kappa shape index (κ3) is 4.96. The Kier molecular flexibility index (Phi) is 7.06. The summed E-state index contributed by atoms with van der Waals surface area (Å²) in [5.74, 6) is -0.0200. The predicted octanol–water partition coefficient (Wildman–Crippen LogP) is 4.39. The molecule has 1 fully saturated rings. The number of hydrogen-bond donors (Lipinski definition) is 1. The summed E-state index contributed by atoms with van der Waals surface area (Å²) in [6.45, 7) is 6.71. The minimum absolute atomic E-state index is 0.0647. The average Bonchev–Trinajstić information content (AvgIpc) is 2.72. The number of amides is 1. The highest BCUT2D eigenvalue weighted by Gasteiger charge is 2.34. The zero-order valence-corrected chi connectivity index (χ0v) is 19.0. The maximum atomic E-state index is 13.2. The van der Waals surface area contributed by atoms with Crippen molar-refractivity contribution in [3.63, 3.8) is 0 Å². The van der Waals surface area contributed by atoms with Crippen molar-refractivity contribution >= 4 is 33.2 Å². The Bertz CT molecular complexity index is 1030. The fourth-order valence-corrected chi connectivity index (χ4v) is 5.38. The molecule has 8 heteroatoms. The number of sulfonamides is 1. The van der Waals surface area contributed by atoms with E-state index >= 15 is 0 Å². The van der Waals surface area contributed by atoms with Gasteiger partial charge in [0.2, 0.25) is 15.9 Å². The number of halogens is 1. The van der Waals surface area contributed by atoms with Crippen molar-refractivity contribution in [2.24, 2.45) is 5.92 Å². The van der Waals surface area contributed by atoms with Crippen molar-refractivity contribution in [3.8, 4) is 5.75 Å². The summed E-state index contributed by atoms with van der Waals surface area (Å²) < 4.78 is 33.2. The number of piperidine rings is 1. The quantitative estimate of drug-likeness (QED) is 0.707. The molecule has 1 amide bonds. The number of rotatable bonds is 6. The zero-order valence-electron chi connectivity index (χ0n) is 17.4. The van der Waals surface area contributed by atoms with E-state index in [9.17, 15) is 13.2 Å². The van der Waals surface area contributed by atoms with Crippen molar-refractivity contribution in [2.75, 3.05) is 25.0 Å². The van der Waals surface area contributed by atoms with Crippen LogP contribution in [0.5, 0.6) is 5.75 Å². The number of nitrogens with zero attached hydrogens (tertiary/aromatic N) is 1. The van der Waals surface area contributed by atoms with E-state index in [1.807, 2.05) is 32.0 Å². The van der Waals surface area contributed by atoms with E-state index in [0.717, 1.165) is 11.3 Å². The fraction of sp³-hybridized carbons (Fsp3) is 0.409.